The Balaban J connectivity index is 1.28. The molecule has 34 heavy (non-hydrogen) atoms. The van der Waals surface area contributed by atoms with Gasteiger partial charge in [-0.1, -0.05) is 18.2 Å². The van der Waals surface area contributed by atoms with Crippen LogP contribution in [0.1, 0.15) is 18.5 Å². The molecule has 1 N–H and O–H groups in total. The Kier molecular flexibility index (Phi) is 5.32. The van der Waals surface area contributed by atoms with Gasteiger partial charge in [-0.05, 0) is 65.7 Å². The molecule has 5 aromatic rings. The number of thiophene rings is 1. The van der Waals surface area contributed by atoms with Gasteiger partial charge in [-0.2, -0.15) is 9.40 Å². The van der Waals surface area contributed by atoms with Crippen molar-refractivity contribution in [1.82, 2.24) is 24.1 Å². The van der Waals surface area contributed by atoms with E-state index in [1.807, 2.05) is 46.6 Å². The fraction of sp³-hybridized carbons (Fsp3) is 0.200. The summed E-state index contributed by atoms with van der Waals surface area (Å²) in [5, 5.41) is 7.74. The number of benzene rings is 1. The first-order chi connectivity index (χ1) is 16.6. The summed E-state index contributed by atoms with van der Waals surface area (Å²) >= 11 is 1.67. The van der Waals surface area contributed by atoms with E-state index in [4.69, 9.17) is 0 Å². The Labute approximate surface area is 201 Å². The number of hydrogen-bond acceptors (Lipinski definition) is 5. The maximum Gasteiger partial charge on any atom is 0.243 e. The van der Waals surface area contributed by atoms with Crippen molar-refractivity contribution in [3.63, 3.8) is 0 Å². The monoisotopic (exact) mass is 489 g/mol. The molecule has 0 atom stereocenters. The lowest BCUT2D eigenvalue weighted by atomic mass is 10.0. The molecule has 0 bridgehead atoms. The highest BCUT2D eigenvalue weighted by atomic mass is 32.2. The van der Waals surface area contributed by atoms with Crippen LogP contribution in [-0.2, 0) is 16.6 Å². The summed E-state index contributed by atoms with van der Waals surface area (Å²) in [5.41, 5.74) is 4.74. The standard InChI is InChI=1S/C25H23N5O2S2/c31-34(32,30-12-1-2-13-30)20-7-5-18(6-8-20)21-9-11-26-25-22(21)16-19(27-25)17-29-14-10-23(28-29)24-4-3-15-33-24/h3-11,14-16H,1-2,12-13,17H2,(H,26,27). The Morgan fingerprint density at radius 1 is 1.03 bits per heavy atom. The molecule has 0 radical (unpaired) electrons. The van der Waals surface area contributed by atoms with Gasteiger partial charge >= 0.3 is 0 Å². The van der Waals surface area contributed by atoms with Crippen LogP contribution in [0.2, 0.25) is 0 Å². The molecule has 9 heteroatoms. The second-order valence-corrected chi connectivity index (χ2v) is 11.3. The van der Waals surface area contributed by atoms with Crippen LogP contribution in [0.4, 0.5) is 0 Å². The molecule has 1 saturated heterocycles. The smallest absolute Gasteiger partial charge is 0.243 e. The normalized spacial score (nSPS) is 14.8. The van der Waals surface area contributed by atoms with Gasteiger partial charge in [0.05, 0.1) is 16.3 Å². The lowest BCUT2D eigenvalue weighted by molar-refractivity contribution is 0.477. The van der Waals surface area contributed by atoms with Gasteiger partial charge < -0.3 is 4.98 Å². The number of pyridine rings is 1. The van der Waals surface area contributed by atoms with Crippen molar-refractivity contribution in [2.24, 2.45) is 0 Å². The van der Waals surface area contributed by atoms with Crippen LogP contribution in [0.25, 0.3) is 32.7 Å². The van der Waals surface area contributed by atoms with Crippen LogP contribution in [0, 0.1) is 0 Å². The molecule has 0 unspecified atom stereocenters. The van der Waals surface area contributed by atoms with E-state index in [1.54, 1.807) is 34.0 Å². The number of sulfonamides is 1. The van der Waals surface area contributed by atoms with Gasteiger partial charge in [0.2, 0.25) is 10.0 Å². The quantitative estimate of drug-likeness (QED) is 0.364. The van der Waals surface area contributed by atoms with Crippen molar-refractivity contribution in [2.45, 2.75) is 24.3 Å². The number of hydrogen-bond donors (Lipinski definition) is 1. The first-order valence-corrected chi connectivity index (χ1v) is 13.5. The number of nitrogens with one attached hydrogen (secondary N) is 1. The van der Waals surface area contributed by atoms with Crippen LogP contribution in [0.15, 0.2) is 77.3 Å². The highest BCUT2D eigenvalue weighted by Gasteiger charge is 2.27. The Morgan fingerprint density at radius 3 is 2.62 bits per heavy atom. The highest BCUT2D eigenvalue weighted by Crippen LogP contribution is 2.30. The third kappa shape index (κ3) is 3.85. The van der Waals surface area contributed by atoms with E-state index in [1.165, 1.54) is 0 Å². The molecule has 7 nitrogen and oxygen atoms in total. The number of aromatic nitrogens is 4. The largest absolute Gasteiger partial charge is 0.342 e. The molecule has 0 saturated carbocycles. The van der Waals surface area contributed by atoms with Crippen LogP contribution in [0.3, 0.4) is 0 Å². The van der Waals surface area contributed by atoms with E-state index < -0.39 is 10.0 Å². The summed E-state index contributed by atoms with van der Waals surface area (Å²) in [4.78, 5) is 9.39. The van der Waals surface area contributed by atoms with Crippen LogP contribution in [0.5, 0.6) is 0 Å². The van der Waals surface area contributed by atoms with Gasteiger partial charge in [-0.25, -0.2) is 13.4 Å². The van der Waals surface area contributed by atoms with E-state index in [-0.39, 0.29) is 0 Å². The Hall–Kier alpha value is -3.27. The summed E-state index contributed by atoms with van der Waals surface area (Å²) in [6, 6.07) is 17.4. The molecule has 1 fully saturated rings. The number of fused-ring (bicyclic) bond motifs is 1. The van der Waals surface area contributed by atoms with E-state index in [0.29, 0.717) is 24.5 Å². The zero-order valence-corrected chi connectivity index (χ0v) is 20.0. The maximum absolute atomic E-state index is 12.9. The Bertz CT molecular complexity index is 1540. The van der Waals surface area contributed by atoms with Crippen molar-refractivity contribution in [2.75, 3.05) is 13.1 Å². The van der Waals surface area contributed by atoms with E-state index in [2.05, 4.69) is 27.2 Å². The third-order valence-electron chi connectivity index (χ3n) is 6.20. The van der Waals surface area contributed by atoms with Gasteiger partial charge in [0.25, 0.3) is 0 Å². The lowest BCUT2D eigenvalue weighted by Crippen LogP contribution is -2.27. The summed E-state index contributed by atoms with van der Waals surface area (Å²) in [7, 11) is -3.42. The average molecular weight is 490 g/mol. The van der Waals surface area contributed by atoms with Crippen LogP contribution in [-0.4, -0.2) is 45.6 Å². The van der Waals surface area contributed by atoms with E-state index >= 15 is 0 Å². The number of H-pyrrole nitrogens is 1. The second-order valence-electron chi connectivity index (χ2n) is 8.43. The summed E-state index contributed by atoms with van der Waals surface area (Å²) in [6.07, 6.45) is 5.61. The number of aromatic amines is 1. The molecule has 172 valence electrons. The third-order valence-corrected chi connectivity index (χ3v) is 9.01. The van der Waals surface area contributed by atoms with Crippen molar-refractivity contribution in [3.8, 4) is 21.7 Å². The minimum Gasteiger partial charge on any atom is -0.342 e. The zero-order valence-electron chi connectivity index (χ0n) is 18.4. The minimum atomic E-state index is -3.42. The second kappa shape index (κ2) is 8.50. The van der Waals surface area contributed by atoms with E-state index in [0.717, 1.165) is 51.3 Å². The van der Waals surface area contributed by atoms with Crippen molar-refractivity contribution in [1.29, 1.82) is 0 Å². The van der Waals surface area contributed by atoms with Gasteiger partial charge in [0.15, 0.2) is 0 Å². The molecule has 0 aliphatic carbocycles. The maximum atomic E-state index is 12.9. The van der Waals surface area contributed by atoms with E-state index in [9.17, 15) is 8.42 Å². The zero-order chi connectivity index (χ0) is 23.1. The van der Waals surface area contributed by atoms with Crippen molar-refractivity contribution >= 4 is 32.4 Å². The minimum absolute atomic E-state index is 0.346. The topological polar surface area (TPSA) is 83.9 Å². The SMILES string of the molecule is O=S(=O)(c1ccc(-c2ccnc3[nH]c(Cn4ccc(-c5cccs5)n4)cc23)cc1)N1CCCC1. The molecular weight excluding hydrogens is 466 g/mol. The van der Waals surface area contributed by atoms with Crippen molar-refractivity contribution < 1.29 is 8.42 Å². The molecule has 1 aromatic carbocycles. The molecule has 4 aromatic heterocycles. The molecular formula is C25H23N5O2S2. The highest BCUT2D eigenvalue weighted by molar-refractivity contribution is 7.89. The predicted octanol–water partition coefficient (Wildman–Crippen LogP) is 4.99. The Morgan fingerprint density at radius 2 is 1.85 bits per heavy atom. The van der Waals surface area contributed by atoms with Gasteiger partial charge in [0.1, 0.15) is 11.3 Å². The molecule has 0 spiro atoms. The fourth-order valence-electron chi connectivity index (χ4n) is 4.48. The first kappa shape index (κ1) is 21.3. The first-order valence-electron chi connectivity index (χ1n) is 11.2. The van der Waals surface area contributed by atoms with Crippen LogP contribution >= 0.6 is 11.3 Å². The molecule has 1 aliphatic heterocycles. The fourth-order valence-corrected chi connectivity index (χ4v) is 6.69. The summed E-state index contributed by atoms with van der Waals surface area (Å²) in [5.74, 6) is 0. The summed E-state index contributed by atoms with van der Waals surface area (Å²) in [6.45, 7) is 1.81. The molecule has 5 heterocycles. The number of nitrogens with zero attached hydrogens (tertiary/aromatic N) is 4. The van der Waals surface area contributed by atoms with Gasteiger partial charge in [-0.15, -0.1) is 11.3 Å². The molecule has 0 amide bonds. The molecule has 1 aliphatic rings. The van der Waals surface area contributed by atoms with Crippen molar-refractivity contribution in [3.05, 3.63) is 78.1 Å². The van der Waals surface area contributed by atoms with Crippen LogP contribution < -0.4 is 0 Å². The van der Waals surface area contributed by atoms with Gasteiger partial charge in [-0.3, -0.25) is 4.68 Å². The molecule has 6 rings (SSSR count). The average Bonchev–Trinajstić information content (AvgIpc) is 3.65. The summed E-state index contributed by atoms with van der Waals surface area (Å²) < 4.78 is 29.2. The predicted molar refractivity (Wildman–Crippen MR) is 134 cm³/mol. The van der Waals surface area contributed by atoms with Gasteiger partial charge in [0, 0.05) is 36.6 Å². The number of rotatable bonds is 6. The lowest BCUT2D eigenvalue weighted by Gasteiger charge is -2.15.